The number of carboxylic acid groups (broad SMARTS) is 1. The van der Waals surface area contributed by atoms with Crippen molar-refractivity contribution in [3.8, 4) is 0 Å². The van der Waals surface area contributed by atoms with E-state index in [4.69, 9.17) is 5.11 Å². The van der Waals surface area contributed by atoms with Gasteiger partial charge in [-0.3, -0.25) is 14.4 Å². The first-order valence-electron chi connectivity index (χ1n) is 7.68. The Morgan fingerprint density at radius 2 is 2.09 bits per heavy atom. The number of nitrogens with one attached hydrogen (secondary N) is 1. The predicted molar refractivity (Wildman–Crippen MR) is 86.2 cm³/mol. The molecule has 1 saturated heterocycles. The van der Waals surface area contributed by atoms with Crippen LogP contribution in [0.3, 0.4) is 0 Å². The van der Waals surface area contributed by atoms with Gasteiger partial charge >= 0.3 is 5.97 Å². The van der Waals surface area contributed by atoms with Gasteiger partial charge in [-0.1, -0.05) is 12.1 Å². The molecule has 1 fully saturated rings. The van der Waals surface area contributed by atoms with E-state index in [9.17, 15) is 14.4 Å². The lowest BCUT2D eigenvalue weighted by atomic mass is 10.1. The van der Waals surface area contributed by atoms with Crippen molar-refractivity contribution in [1.82, 2.24) is 5.32 Å². The second-order valence-electron chi connectivity index (χ2n) is 6.13. The Morgan fingerprint density at radius 1 is 1.39 bits per heavy atom. The Morgan fingerprint density at radius 3 is 2.74 bits per heavy atom. The molecule has 1 heterocycles. The average molecular weight is 318 g/mol. The molecule has 1 aliphatic rings. The van der Waals surface area contributed by atoms with Gasteiger partial charge in [0.1, 0.15) is 0 Å². The number of anilines is 1. The summed E-state index contributed by atoms with van der Waals surface area (Å²) in [5.74, 6) is -1.75. The van der Waals surface area contributed by atoms with Crippen LogP contribution in [0.5, 0.6) is 0 Å². The summed E-state index contributed by atoms with van der Waals surface area (Å²) in [4.78, 5) is 36.8. The second-order valence-corrected chi connectivity index (χ2v) is 6.13. The molecule has 1 aromatic carbocycles. The molecular formula is C17H22N2O4. The van der Waals surface area contributed by atoms with Crippen molar-refractivity contribution < 1.29 is 19.5 Å². The smallest absolute Gasteiger partial charge is 0.305 e. The molecule has 0 bridgehead atoms. The molecule has 23 heavy (non-hydrogen) atoms. The molecule has 0 aromatic heterocycles. The highest BCUT2D eigenvalue weighted by molar-refractivity contribution is 6.01. The second kappa shape index (κ2) is 6.81. The Bertz CT molecular complexity index is 641. The number of hydrogen-bond donors (Lipinski definition) is 2. The molecule has 2 rings (SSSR count). The van der Waals surface area contributed by atoms with Crippen LogP contribution in [0.15, 0.2) is 18.2 Å². The molecule has 6 heteroatoms. The number of amides is 2. The zero-order valence-corrected chi connectivity index (χ0v) is 13.6. The Hall–Kier alpha value is -2.37. The largest absolute Gasteiger partial charge is 0.481 e. The normalized spacial score (nSPS) is 18.8. The number of benzene rings is 1. The highest BCUT2D eigenvalue weighted by Gasteiger charge is 2.36. The number of rotatable bonds is 5. The number of carboxylic acids is 1. The number of aryl methyl sites for hydroxylation is 1. The number of carbonyl (C=O) groups excluding carboxylic acids is 2. The molecule has 0 aliphatic carbocycles. The third-order valence-corrected chi connectivity index (χ3v) is 4.23. The van der Waals surface area contributed by atoms with Gasteiger partial charge in [-0.15, -0.1) is 0 Å². The summed E-state index contributed by atoms with van der Waals surface area (Å²) in [5.41, 5.74) is 2.96. The molecule has 0 spiro atoms. The maximum absolute atomic E-state index is 12.3. The van der Waals surface area contributed by atoms with Crippen LogP contribution in [0.2, 0.25) is 0 Å². The molecule has 2 N–H and O–H groups in total. The van der Waals surface area contributed by atoms with E-state index in [1.165, 1.54) is 0 Å². The van der Waals surface area contributed by atoms with Gasteiger partial charge in [0.25, 0.3) is 0 Å². The molecule has 2 amide bonds. The summed E-state index contributed by atoms with van der Waals surface area (Å²) in [6.07, 6.45) is 0.0200. The van der Waals surface area contributed by atoms with E-state index in [1.807, 2.05) is 32.0 Å². The minimum Gasteiger partial charge on any atom is -0.481 e. The Kier molecular flexibility index (Phi) is 5.03. The highest BCUT2D eigenvalue weighted by Crippen LogP contribution is 2.29. The molecule has 2 unspecified atom stereocenters. The lowest BCUT2D eigenvalue weighted by Gasteiger charge is -2.20. The molecule has 124 valence electrons. The third-order valence-electron chi connectivity index (χ3n) is 4.23. The van der Waals surface area contributed by atoms with Gasteiger partial charge in [-0.2, -0.15) is 0 Å². The zero-order chi connectivity index (χ0) is 17.1. The van der Waals surface area contributed by atoms with E-state index in [0.717, 1.165) is 16.8 Å². The standard InChI is InChI=1S/C17H22N2O4/c1-10-5-4-6-14(12(10)3)19-9-13(8-15(19)20)17(23)18-11(2)7-16(21)22/h4-6,11,13H,7-9H2,1-3H3,(H,18,23)(H,21,22). The summed E-state index contributed by atoms with van der Waals surface area (Å²) in [5, 5.41) is 11.4. The molecule has 1 aliphatic heterocycles. The molecule has 1 aromatic rings. The monoisotopic (exact) mass is 318 g/mol. The first-order chi connectivity index (χ1) is 10.8. The van der Waals surface area contributed by atoms with Crippen LogP contribution < -0.4 is 10.2 Å². The van der Waals surface area contributed by atoms with E-state index in [-0.39, 0.29) is 24.7 Å². The van der Waals surface area contributed by atoms with E-state index >= 15 is 0 Å². The third kappa shape index (κ3) is 3.88. The van der Waals surface area contributed by atoms with Gasteiger partial charge in [0.15, 0.2) is 0 Å². The number of nitrogens with zero attached hydrogens (tertiary/aromatic N) is 1. The molecule has 2 atom stereocenters. The van der Waals surface area contributed by atoms with Crippen molar-refractivity contribution >= 4 is 23.5 Å². The summed E-state index contributed by atoms with van der Waals surface area (Å²) in [6.45, 7) is 5.91. The summed E-state index contributed by atoms with van der Waals surface area (Å²) >= 11 is 0. The topological polar surface area (TPSA) is 86.7 Å². The highest BCUT2D eigenvalue weighted by atomic mass is 16.4. The van der Waals surface area contributed by atoms with Crippen LogP contribution in [-0.4, -0.2) is 35.5 Å². The molecular weight excluding hydrogens is 296 g/mol. The van der Waals surface area contributed by atoms with Gasteiger partial charge in [-0.25, -0.2) is 0 Å². The van der Waals surface area contributed by atoms with E-state index < -0.39 is 17.9 Å². The van der Waals surface area contributed by atoms with Crippen LogP contribution >= 0.6 is 0 Å². The van der Waals surface area contributed by atoms with Crippen LogP contribution in [0.25, 0.3) is 0 Å². The van der Waals surface area contributed by atoms with Gasteiger partial charge < -0.3 is 15.3 Å². The Labute approximate surface area is 135 Å². The van der Waals surface area contributed by atoms with Crippen molar-refractivity contribution in [1.29, 1.82) is 0 Å². The van der Waals surface area contributed by atoms with E-state index in [2.05, 4.69) is 5.32 Å². The predicted octanol–water partition coefficient (Wildman–Crippen LogP) is 1.64. The minimum atomic E-state index is -0.961. The van der Waals surface area contributed by atoms with E-state index in [1.54, 1.807) is 11.8 Å². The van der Waals surface area contributed by atoms with Crippen LogP contribution in [0.1, 0.15) is 30.9 Å². The summed E-state index contributed by atoms with van der Waals surface area (Å²) in [7, 11) is 0. The lowest BCUT2D eigenvalue weighted by Crippen LogP contribution is -2.39. The fraction of sp³-hybridized carbons (Fsp3) is 0.471. The molecule has 0 radical (unpaired) electrons. The zero-order valence-electron chi connectivity index (χ0n) is 13.6. The Balaban J connectivity index is 2.06. The quantitative estimate of drug-likeness (QED) is 0.864. The van der Waals surface area contributed by atoms with Crippen molar-refractivity contribution in [2.24, 2.45) is 5.92 Å². The maximum Gasteiger partial charge on any atom is 0.305 e. The summed E-state index contributed by atoms with van der Waals surface area (Å²) in [6, 6.07) is 5.31. The lowest BCUT2D eigenvalue weighted by molar-refractivity contribution is -0.137. The average Bonchev–Trinajstić information content (AvgIpc) is 2.83. The van der Waals surface area contributed by atoms with Crippen LogP contribution in [0, 0.1) is 19.8 Å². The fourth-order valence-electron chi connectivity index (χ4n) is 2.82. The maximum atomic E-state index is 12.3. The molecule has 0 saturated carbocycles. The number of aliphatic carboxylic acids is 1. The van der Waals surface area contributed by atoms with Crippen molar-refractivity contribution in [3.63, 3.8) is 0 Å². The van der Waals surface area contributed by atoms with Crippen molar-refractivity contribution in [2.45, 2.75) is 39.7 Å². The van der Waals surface area contributed by atoms with Gasteiger partial charge in [0, 0.05) is 24.7 Å². The SMILES string of the molecule is Cc1cccc(N2CC(C(=O)NC(C)CC(=O)O)CC2=O)c1C. The minimum absolute atomic E-state index is 0.0789. The number of hydrogen-bond acceptors (Lipinski definition) is 3. The summed E-state index contributed by atoms with van der Waals surface area (Å²) < 4.78 is 0. The van der Waals surface area contributed by atoms with Crippen LogP contribution in [-0.2, 0) is 14.4 Å². The van der Waals surface area contributed by atoms with Crippen molar-refractivity contribution in [2.75, 3.05) is 11.4 Å². The van der Waals surface area contributed by atoms with Crippen LogP contribution in [0.4, 0.5) is 5.69 Å². The van der Waals surface area contributed by atoms with Gasteiger partial charge in [0.05, 0.1) is 12.3 Å². The molecule has 6 nitrogen and oxygen atoms in total. The van der Waals surface area contributed by atoms with E-state index in [0.29, 0.717) is 6.54 Å². The van der Waals surface area contributed by atoms with Gasteiger partial charge in [0.2, 0.25) is 11.8 Å². The van der Waals surface area contributed by atoms with Crippen molar-refractivity contribution in [3.05, 3.63) is 29.3 Å². The fourth-order valence-corrected chi connectivity index (χ4v) is 2.82. The van der Waals surface area contributed by atoms with Gasteiger partial charge in [-0.05, 0) is 38.0 Å². The number of carbonyl (C=O) groups is 3. The first-order valence-corrected chi connectivity index (χ1v) is 7.68. The first kappa shape index (κ1) is 17.0.